The number of benzene rings is 2. The Balaban J connectivity index is 1.59. The second kappa shape index (κ2) is 7.21. The number of ether oxygens (including phenoxy) is 1. The number of hydrogen-bond donors (Lipinski definition) is 0. The van der Waals surface area contributed by atoms with Gasteiger partial charge in [0.05, 0.1) is 18.2 Å². The van der Waals surface area contributed by atoms with Crippen LogP contribution in [-0.2, 0) is 16.0 Å². The average Bonchev–Trinajstić information content (AvgIpc) is 3.17. The molecule has 5 nitrogen and oxygen atoms in total. The molecule has 152 valence electrons. The molecule has 0 N–H and O–H groups in total. The van der Waals surface area contributed by atoms with Crippen LogP contribution in [0.25, 0.3) is 0 Å². The third kappa shape index (κ3) is 3.61. The van der Waals surface area contributed by atoms with E-state index < -0.39 is 11.8 Å². The largest absolute Gasteiger partial charge is 0.441 e. The van der Waals surface area contributed by atoms with Gasteiger partial charge in [-0.3, -0.25) is 4.90 Å². The summed E-state index contributed by atoms with van der Waals surface area (Å²) in [6, 6.07) is 14.4. The molecule has 1 amide bonds. The molecule has 0 spiro atoms. The Labute approximate surface area is 172 Å². The molecule has 1 saturated heterocycles. The number of cyclic esters (lactones) is 1. The van der Waals surface area contributed by atoms with Crippen molar-refractivity contribution in [1.29, 1.82) is 0 Å². The Morgan fingerprint density at radius 2 is 1.76 bits per heavy atom. The van der Waals surface area contributed by atoms with Crippen molar-refractivity contribution < 1.29 is 14.4 Å². The zero-order valence-corrected chi connectivity index (χ0v) is 17.7. The van der Waals surface area contributed by atoms with E-state index in [1.54, 1.807) is 4.90 Å². The minimum Gasteiger partial charge on any atom is -0.441 e. The fraction of sp³-hybridized carbons (Fsp3) is 0.417. The quantitative estimate of drug-likeness (QED) is 0.743. The summed E-state index contributed by atoms with van der Waals surface area (Å²) in [4.78, 5) is 20.3. The van der Waals surface area contributed by atoms with Crippen molar-refractivity contribution in [3.8, 4) is 0 Å². The number of carbonyl (C=O) groups excluding carboxylic acids is 1. The summed E-state index contributed by atoms with van der Waals surface area (Å²) in [6.07, 6.45) is 0.473. The van der Waals surface area contributed by atoms with Crippen LogP contribution in [0.4, 0.5) is 4.79 Å². The molecule has 0 aromatic heterocycles. The molecule has 0 aliphatic carbocycles. The predicted octanol–water partition coefficient (Wildman–Crippen LogP) is 4.90. The van der Waals surface area contributed by atoms with Crippen molar-refractivity contribution in [2.24, 2.45) is 5.16 Å². The summed E-state index contributed by atoms with van der Waals surface area (Å²) in [5, 5.41) is 4.37. The van der Waals surface area contributed by atoms with Gasteiger partial charge in [-0.1, -0.05) is 53.2 Å². The molecule has 2 heterocycles. The van der Waals surface area contributed by atoms with Crippen molar-refractivity contribution >= 4 is 11.8 Å². The van der Waals surface area contributed by atoms with Gasteiger partial charge in [-0.05, 0) is 57.7 Å². The van der Waals surface area contributed by atoms with Gasteiger partial charge >= 0.3 is 6.09 Å². The van der Waals surface area contributed by atoms with Gasteiger partial charge < -0.3 is 9.57 Å². The molecule has 2 atom stereocenters. The molecule has 2 aromatic rings. The molecular formula is C24H28N2O3. The van der Waals surface area contributed by atoms with E-state index in [2.05, 4.69) is 50.2 Å². The van der Waals surface area contributed by atoms with Crippen molar-refractivity contribution in [3.63, 3.8) is 0 Å². The highest BCUT2D eigenvalue weighted by atomic mass is 16.7. The summed E-state index contributed by atoms with van der Waals surface area (Å²) < 4.78 is 5.72. The summed E-state index contributed by atoms with van der Waals surface area (Å²) in [7, 11) is 0. The van der Waals surface area contributed by atoms with E-state index in [9.17, 15) is 4.79 Å². The summed E-state index contributed by atoms with van der Waals surface area (Å²) in [6.45, 7) is 10.2. The average molecular weight is 392 g/mol. The van der Waals surface area contributed by atoms with Crippen LogP contribution in [0.5, 0.6) is 0 Å². The van der Waals surface area contributed by atoms with E-state index in [0.717, 1.165) is 11.3 Å². The monoisotopic (exact) mass is 392 g/mol. The van der Waals surface area contributed by atoms with Gasteiger partial charge in [0.25, 0.3) is 0 Å². The normalized spacial score (nSPS) is 23.0. The molecule has 2 aromatic carbocycles. The maximum atomic E-state index is 12.8. The Kier molecular flexibility index (Phi) is 4.85. The second-order valence-electron chi connectivity index (χ2n) is 8.66. The number of carbonyl (C=O) groups is 1. The Morgan fingerprint density at radius 1 is 1.10 bits per heavy atom. The lowest BCUT2D eigenvalue weighted by molar-refractivity contribution is -0.0285. The van der Waals surface area contributed by atoms with Crippen molar-refractivity contribution in [2.45, 2.75) is 65.3 Å². The highest BCUT2D eigenvalue weighted by molar-refractivity contribution is 6.03. The number of rotatable bonds is 4. The maximum absolute atomic E-state index is 12.8. The first-order valence-electron chi connectivity index (χ1n) is 10.1. The minimum absolute atomic E-state index is 0.128. The molecule has 1 fully saturated rings. The molecule has 0 bridgehead atoms. The second-order valence-corrected chi connectivity index (χ2v) is 8.66. The van der Waals surface area contributed by atoms with Crippen molar-refractivity contribution in [2.75, 3.05) is 0 Å². The number of amides is 1. The first kappa shape index (κ1) is 19.5. The standard InChI is InChI=1S/C24H28N2O3/c1-15-11-16(2)22(17(3)12-15)19-14-21(29-25-19)26-20(24(4,5)28-23(26)27)13-18-9-7-6-8-10-18/h6-12,20-21H,13-14H2,1-5H3/t20-,21+/m0/s1. The van der Waals surface area contributed by atoms with E-state index in [1.807, 2.05) is 32.0 Å². The van der Waals surface area contributed by atoms with E-state index in [1.165, 1.54) is 22.3 Å². The molecule has 0 saturated carbocycles. The van der Waals surface area contributed by atoms with Crippen LogP contribution in [0, 0.1) is 20.8 Å². The number of hydrogen-bond acceptors (Lipinski definition) is 4. The Hall–Kier alpha value is -2.82. The highest BCUT2D eigenvalue weighted by Crippen LogP contribution is 2.36. The van der Waals surface area contributed by atoms with E-state index in [0.29, 0.717) is 12.8 Å². The zero-order valence-electron chi connectivity index (χ0n) is 17.7. The lowest BCUT2D eigenvalue weighted by Gasteiger charge is -2.31. The minimum atomic E-state index is -0.602. The molecular weight excluding hydrogens is 364 g/mol. The predicted molar refractivity (Wildman–Crippen MR) is 113 cm³/mol. The van der Waals surface area contributed by atoms with Gasteiger partial charge in [0, 0.05) is 5.56 Å². The first-order valence-corrected chi connectivity index (χ1v) is 10.1. The molecule has 2 aliphatic heterocycles. The molecule has 0 radical (unpaired) electrons. The summed E-state index contributed by atoms with van der Waals surface area (Å²) in [5.41, 5.74) is 6.15. The van der Waals surface area contributed by atoms with E-state index in [4.69, 9.17) is 9.57 Å². The smallest absolute Gasteiger partial charge is 0.413 e. The fourth-order valence-electron chi connectivity index (χ4n) is 4.60. The van der Waals surface area contributed by atoms with Crippen LogP contribution in [-0.4, -0.2) is 34.6 Å². The van der Waals surface area contributed by atoms with Gasteiger partial charge in [-0.15, -0.1) is 0 Å². The van der Waals surface area contributed by atoms with Gasteiger partial charge in [0.1, 0.15) is 5.60 Å². The van der Waals surface area contributed by atoms with Gasteiger partial charge in [-0.2, -0.15) is 0 Å². The number of aryl methyl sites for hydroxylation is 3. The first-order chi connectivity index (χ1) is 13.8. The zero-order chi connectivity index (χ0) is 20.8. The Bertz CT molecular complexity index is 942. The molecule has 0 unspecified atom stereocenters. The van der Waals surface area contributed by atoms with E-state index >= 15 is 0 Å². The lowest BCUT2D eigenvalue weighted by Crippen LogP contribution is -2.48. The Morgan fingerprint density at radius 3 is 2.41 bits per heavy atom. The molecule has 29 heavy (non-hydrogen) atoms. The summed E-state index contributed by atoms with van der Waals surface area (Å²) >= 11 is 0. The lowest BCUT2D eigenvalue weighted by atomic mass is 9.91. The SMILES string of the molecule is Cc1cc(C)c(C2=NO[C@@H](N3C(=O)OC(C)(C)[C@@H]3Cc3ccccc3)C2)c(C)c1. The molecule has 4 rings (SSSR count). The van der Waals surface area contributed by atoms with Crippen LogP contribution < -0.4 is 0 Å². The van der Waals surface area contributed by atoms with Crippen LogP contribution >= 0.6 is 0 Å². The topological polar surface area (TPSA) is 51.1 Å². The molecule has 5 heteroatoms. The third-order valence-corrected chi connectivity index (χ3v) is 5.90. The van der Waals surface area contributed by atoms with Crippen molar-refractivity contribution in [3.05, 3.63) is 70.3 Å². The number of nitrogens with zero attached hydrogens (tertiary/aromatic N) is 2. The van der Waals surface area contributed by atoms with Gasteiger partial charge in [-0.25, -0.2) is 4.79 Å². The van der Waals surface area contributed by atoms with Crippen LogP contribution in [0.2, 0.25) is 0 Å². The maximum Gasteiger partial charge on any atom is 0.413 e. The van der Waals surface area contributed by atoms with Crippen LogP contribution in [0.1, 0.15) is 48.1 Å². The molecule has 2 aliphatic rings. The highest BCUT2D eigenvalue weighted by Gasteiger charge is 2.52. The van der Waals surface area contributed by atoms with Crippen molar-refractivity contribution in [1.82, 2.24) is 4.90 Å². The van der Waals surface area contributed by atoms with Crippen LogP contribution in [0.3, 0.4) is 0 Å². The number of oxime groups is 1. The van der Waals surface area contributed by atoms with Crippen LogP contribution in [0.15, 0.2) is 47.6 Å². The van der Waals surface area contributed by atoms with Gasteiger partial charge in [0.2, 0.25) is 6.23 Å². The van der Waals surface area contributed by atoms with Gasteiger partial charge in [0.15, 0.2) is 0 Å². The van der Waals surface area contributed by atoms with E-state index in [-0.39, 0.29) is 12.1 Å². The summed E-state index contributed by atoms with van der Waals surface area (Å²) in [5.74, 6) is 0. The third-order valence-electron chi connectivity index (χ3n) is 5.90. The fourth-order valence-corrected chi connectivity index (χ4v) is 4.60.